The van der Waals surface area contributed by atoms with Crippen LogP contribution >= 0.6 is 11.6 Å². The molecule has 2 aliphatic rings. The number of benzene rings is 2. The van der Waals surface area contributed by atoms with Crippen molar-refractivity contribution in [2.24, 2.45) is 0 Å². The number of ether oxygens (including phenoxy) is 2. The highest BCUT2D eigenvalue weighted by molar-refractivity contribution is 6.31. The predicted molar refractivity (Wildman–Crippen MR) is 109 cm³/mol. The molecule has 0 saturated carbocycles. The molecule has 0 saturated heterocycles. The molecule has 0 aromatic heterocycles. The van der Waals surface area contributed by atoms with Crippen LogP contribution in [0.15, 0.2) is 59.8 Å². The van der Waals surface area contributed by atoms with Gasteiger partial charge >= 0.3 is 12.0 Å². The number of urea groups is 1. The van der Waals surface area contributed by atoms with Gasteiger partial charge < -0.3 is 20.1 Å². The number of hydrogen-bond donors (Lipinski definition) is 2. The van der Waals surface area contributed by atoms with Crippen molar-refractivity contribution < 1.29 is 23.9 Å². The third-order valence-corrected chi connectivity index (χ3v) is 5.23. The van der Waals surface area contributed by atoms with E-state index in [0.717, 1.165) is 0 Å². The van der Waals surface area contributed by atoms with Crippen molar-refractivity contribution in [3.63, 3.8) is 0 Å². The van der Waals surface area contributed by atoms with Gasteiger partial charge in [-0.1, -0.05) is 29.8 Å². The van der Waals surface area contributed by atoms with Crippen LogP contribution in [0.5, 0.6) is 5.75 Å². The normalized spacial score (nSPS) is 17.9. The zero-order valence-corrected chi connectivity index (χ0v) is 16.7. The van der Waals surface area contributed by atoms with Gasteiger partial charge in [-0.2, -0.15) is 0 Å². The Hall–Kier alpha value is -3.52. The molecule has 2 N–H and O–H groups in total. The lowest BCUT2D eigenvalue weighted by Gasteiger charge is -2.32. The second-order valence-electron chi connectivity index (χ2n) is 6.70. The smallest absolute Gasteiger partial charge is 0.338 e. The summed E-state index contributed by atoms with van der Waals surface area (Å²) in [5.74, 6) is -0.307. The minimum Gasteiger partial charge on any atom is -0.497 e. The highest BCUT2D eigenvalue weighted by Gasteiger charge is 2.43. The molecular formula is C21H18ClN3O5. The fourth-order valence-electron chi connectivity index (χ4n) is 3.44. The minimum atomic E-state index is -0.739. The van der Waals surface area contributed by atoms with Gasteiger partial charge in [0, 0.05) is 10.7 Å². The quantitative estimate of drug-likeness (QED) is 0.715. The molecule has 0 bridgehead atoms. The molecule has 2 aromatic rings. The number of anilines is 1. The monoisotopic (exact) mass is 427 g/mol. The first kappa shape index (κ1) is 19.8. The van der Waals surface area contributed by atoms with Crippen LogP contribution in [0.2, 0.25) is 5.02 Å². The van der Waals surface area contributed by atoms with E-state index in [0.29, 0.717) is 27.7 Å². The van der Waals surface area contributed by atoms with Gasteiger partial charge in [0.25, 0.3) is 0 Å². The van der Waals surface area contributed by atoms with Gasteiger partial charge in [-0.25, -0.2) is 9.59 Å². The van der Waals surface area contributed by atoms with Crippen molar-refractivity contribution in [3.05, 3.63) is 70.4 Å². The van der Waals surface area contributed by atoms with Crippen LogP contribution in [0, 0.1) is 0 Å². The maximum absolute atomic E-state index is 12.8. The first-order valence-electron chi connectivity index (χ1n) is 9.14. The maximum Gasteiger partial charge on any atom is 0.338 e. The van der Waals surface area contributed by atoms with E-state index in [-0.39, 0.29) is 18.7 Å². The summed E-state index contributed by atoms with van der Waals surface area (Å²) in [7, 11) is 1.55. The number of cyclic esters (lactones) is 1. The molecule has 2 aliphatic heterocycles. The molecule has 0 unspecified atom stereocenters. The van der Waals surface area contributed by atoms with Gasteiger partial charge in [-0.15, -0.1) is 0 Å². The summed E-state index contributed by atoms with van der Waals surface area (Å²) >= 11 is 6.26. The molecule has 0 radical (unpaired) electrons. The van der Waals surface area contributed by atoms with Gasteiger partial charge in [-0.05, 0) is 35.9 Å². The number of carbonyl (C=O) groups excluding carboxylic acids is 3. The Bertz CT molecular complexity index is 1050. The van der Waals surface area contributed by atoms with E-state index in [1.54, 1.807) is 55.6 Å². The number of methoxy groups -OCH3 is 1. The fourth-order valence-corrected chi connectivity index (χ4v) is 3.68. The van der Waals surface area contributed by atoms with Crippen LogP contribution in [-0.4, -0.2) is 43.1 Å². The van der Waals surface area contributed by atoms with E-state index < -0.39 is 23.9 Å². The van der Waals surface area contributed by atoms with Crippen molar-refractivity contribution in [2.75, 3.05) is 25.6 Å². The number of nitrogens with zero attached hydrogens (tertiary/aromatic N) is 1. The van der Waals surface area contributed by atoms with E-state index in [1.165, 1.54) is 4.90 Å². The standard InChI is InChI=1S/C21H18ClN3O5/c1-29-13-8-6-12(7-9-13)23-17(26)10-25-16-11-30-20(27)18(16)19(24-21(25)28)14-4-2-3-5-15(14)22/h2-9,19H,10-11H2,1H3,(H,23,26)(H,24,28)/t19-/m1/s1. The molecule has 3 amide bonds. The molecule has 2 heterocycles. The van der Waals surface area contributed by atoms with E-state index in [4.69, 9.17) is 21.1 Å². The Morgan fingerprint density at radius 2 is 1.97 bits per heavy atom. The number of carbonyl (C=O) groups is 3. The Balaban J connectivity index is 1.57. The summed E-state index contributed by atoms with van der Waals surface area (Å²) in [6.07, 6.45) is 0. The van der Waals surface area contributed by atoms with Crippen LogP contribution < -0.4 is 15.4 Å². The van der Waals surface area contributed by atoms with Crippen molar-refractivity contribution in [1.29, 1.82) is 0 Å². The maximum atomic E-state index is 12.8. The van der Waals surface area contributed by atoms with Crippen molar-refractivity contribution in [2.45, 2.75) is 6.04 Å². The summed E-state index contributed by atoms with van der Waals surface area (Å²) < 4.78 is 10.2. The Kier molecular flexibility index (Phi) is 5.33. The minimum absolute atomic E-state index is 0.0850. The Morgan fingerprint density at radius 3 is 2.67 bits per heavy atom. The van der Waals surface area contributed by atoms with E-state index >= 15 is 0 Å². The summed E-state index contributed by atoms with van der Waals surface area (Å²) in [5, 5.41) is 5.89. The SMILES string of the molecule is COc1ccc(NC(=O)CN2C(=O)N[C@H](c3ccccc3Cl)C3=C2COC3=O)cc1. The molecule has 2 aromatic carbocycles. The lowest BCUT2D eigenvalue weighted by Crippen LogP contribution is -2.49. The lowest BCUT2D eigenvalue weighted by molar-refractivity contribution is -0.136. The number of nitrogens with one attached hydrogen (secondary N) is 2. The average Bonchev–Trinajstić information content (AvgIpc) is 3.12. The topological polar surface area (TPSA) is 97.0 Å². The summed E-state index contributed by atoms with van der Waals surface area (Å²) in [6.45, 7) is -0.360. The Labute approximate surface area is 177 Å². The third-order valence-electron chi connectivity index (χ3n) is 4.89. The molecule has 154 valence electrons. The summed E-state index contributed by atoms with van der Waals surface area (Å²) in [4.78, 5) is 38.9. The molecule has 8 nitrogen and oxygen atoms in total. The Morgan fingerprint density at radius 1 is 1.23 bits per heavy atom. The number of amides is 3. The number of rotatable bonds is 5. The highest BCUT2D eigenvalue weighted by atomic mass is 35.5. The van der Waals surface area contributed by atoms with Crippen molar-refractivity contribution >= 4 is 35.2 Å². The zero-order valence-electron chi connectivity index (χ0n) is 16.0. The molecular weight excluding hydrogens is 410 g/mol. The van der Waals surface area contributed by atoms with Gasteiger partial charge in [0.2, 0.25) is 5.91 Å². The van der Waals surface area contributed by atoms with E-state index in [1.807, 2.05) is 0 Å². The van der Waals surface area contributed by atoms with Gasteiger partial charge in [0.15, 0.2) is 0 Å². The van der Waals surface area contributed by atoms with Crippen LogP contribution in [0.4, 0.5) is 10.5 Å². The molecule has 0 spiro atoms. The summed E-state index contributed by atoms with van der Waals surface area (Å²) in [6, 6.07) is 12.5. The molecule has 30 heavy (non-hydrogen) atoms. The van der Waals surface area contributed by atoms with Crippen molar-refractivity contribution in [1.82, 2.24) is 10.2 Å². The van der Waals surface area contributed by atoms with Gasteiger partial charge in [0.05, 0.1) is 24.4 Å². The average molecular weight is 428 g/mol. The third kappa shape index (κ3) is 3.69. The predicted octanol–water partition coefficient (Wildman–Crippen LogP) is 2.86. The first-order valence-corrected chi connectivity index (χ1v) is 9.52. The zero-order chi connectivity index (χ0) is 21.3. The number of halogens is 1. The van der Waals surface area contributed by atoms with Crippen LogP contribution in [0.3, 0.4) is 0 Å². The molecule has 1 atom stereocenters. The molecule has 0 fully saturated rings. The van der Waals surface area contributed by atoms with Gasteiger partial charge in [-0.3, -0.25) is 9.69 Å². The van der Waals surface area contributed by atoms with Crippen molar-refractivity contribution in [3.8, 4) is 5.75 Å². The van der Waals surface area contributed by atoms with Crippen LogP contribution in [0.25, 0.3) is 0 Å². The fraction of sp³-hybridized carbons (Fsp3) is 0.190. The van der Waals surface area contributed by atoms with E-state index in [2.05, 4.69) is 10.6 Å². The number of esters is 1. The first-order chi connectivity index (χ1) is 14.5. The van der Waals surface area contributed by atoms with Gasteiger partial charge in [0.1, 0.15) is 18.9 Å². The second-order valence-corrected chi connectivity index (χ2v) is 7.11. The lowest BCUT2D eigenvalue weighted by atomic mass is 9.95. The second kappa shape index (κ2) is 8.08. The molecule has 4 rings (SSSR count). The largest absolute Gasteiger partial charge is 0.497 e. The molecule has 9 heteroatoms. The van der Waals surface area contributed by atoms with E-state index in [9.17, 15) is 14.4 Å². The number of hydrogen-bond acceptors (Lipinski definition) is 5. The van der Waals surface area contributed by atoms with Crippen LogP contribution in [0.1, 0.15) is 11.6 Å². The highest BCUT2D eigenvalue weighted by Crippen LogP contribution is 2.37. The summed E-state index contributed by atoms with van der Waals surface area (Å²) in [5.41, 5.74) is 1.78. The molecule has 0 aliphatic carbocycles. The van der Waals surface area contributed by atoms with Crippen LogP contribution in [-0.2, 0) is 14.3 Å².